The largest absolute Gasteiger partial charge is 0.491 e. The molecule has 0 fully saturated rings. The highest BCUT2D eigenvalue weighted by atomic mass is 16.5. The molecular formula is C17H21NO2. The molecular weight excluding hydrogens is 250 g/mol. The van der Waals surface area contributed by atoms with Gasteiger partial charge >= 0.3 is 0 Å². The Morgan fingerprint density at radius 2 is 1.60 bits per heavy atom. The van der Waals surface area contributed by atoms with E-state index >= 15 is 0 Å². The van der Waals surface area contributed by atoms with Gasteiger partial charge in [-0.2, -0.15) is 0 Å². The van der Waals surface area contributed by atoms with Gasteiger partial charge in [0, 0.05) is 0 Å². The summed E-state index contributed by atoms with van der Waals surface area (Å²) in [5.41, 5.74) is 7.81. The van der Waals surface area contributed by atoms with Crippen molar-refractivity contribution in [1.29, 1.82) is 0 Å². The van der Waals surface area contributed by atoms with Crippen molar-refractivity contribution in [3.05, 3.63) is 65.7 Å². The predicted octanol–water partition coefficient (Wildman–Crippen LogP) is 3.21. The number of benzene rings is 2. The van der Waals surface area contributed by atoms with Crippen molar-refractivity contribution in [1.82, 2.24) is 0 Å². The van der Waals surface area contributed by atoms with Gasteiger partial charge in [-0.3, -0.25) is 0 Å². The fourth-order valence-electron chi connectivity index (χ4n) is 2.11. The zero-order chi connectivity index (χ0) is 14.5. The normalized spacial score (nSPS) is 14.1. The van der Waals surface area contributed by atoms with Crippen LogP contribution in [-0.2, 0) is 0 Å². The van der Waals surface area contributed by atoms with Crippen LogP contribution in [0.5, 0.6) is 5.75 Å². The van der Waals surface area contributed by atoms with Crippen LogP contribution in [0.2, 0.25) is 0 Å². The third-order valence-electron chi connectivity index (χ3n) is 3.10. The van der Waals surface area contributed by atoms with E-state index in [1.54, 1.807) is 0 Å². The van der Waals surface area contributed by atoms with Crippen molar-refractivity contribution in [3.63, 3.8) is 0 Å². The summed E-state index contributed by atoms with van der Waals surface area (Å²) in [6, 6.07) is 16.6. The number of aliphatic hydroxyl groups excluding tert-OH is 1. The van der Waals surface area contributed by atoms with E-state index in [0.29, 0.717) is 0 Å². The lowest BCUT2D eigenvalue weighted by atomic mass is 9.96. The smallest absolute Gasteiger partial charge is 0.120 e. The summed E-state index contributed by atoms with van der Waals surface area (Å²) in [6.07, 6.45) is -0.654. The topological polar surface area (TPSA) is 55.5 Å². The van der Waals surface area contributed by atoms with Gasteiger partial charge < -0.3 is 15.6 Å². The highest BCUT2D eigenvalue weighted by Gasteiger charge is 2.19. The molecule has 0 aliphatic rings. The fourth-order valence-corrected chi connectivity index (χ4v) is 2.11. The Balaban J connectivity index is 2.18. The average molecular weight is 271 g/mol. The lowest BCUT2D eigenvalue weighted by Crippen LogP contribution is -2.19. The molecule has 2 aromatic rings. The Labute approximate surface area is 120 Å². The van der Waals surface area contributed by atoms with Crippen LogP contribution >= 0.6 is 0 Å². The molecule has 0 radical (unpaired) electrons. The zero-order valence-corrected chi connectivity index (χ0v) is 11.9. The molecule has 2 atom stereocenters. The highest BCUT2D eigenvalue weighted by molar-refractivity contribution is 5.32. The molecule has 3 N–H and O–H groups in total. The van der Waals surface area contributed by atoms with Gasteiger partial charge in [-0.05, 0) is 37.1 Å². The van der Waals surface area contributed by atoms with E-state index in [2.05, 4.69) is 0 Å². The standard InChI is InChI=1S/C17H21NO2/c1-12(2)20-15-10-6-9-14(11-15)17(19)16(18)13-7-4-3-5-8-13/h3-12,16-17,19H,18H2,1-2H3. The lowest BCUT2D eigenvalue weighted by Gasteiger charge is -2.20. The minimum absolute atomic E-state index is 0.102. The number of ether oxygens (including phenoxy) is 1. The first-order chi connectivity index (χ1) is 9.58. The van der Waals surface area contributed by atoms with E-state index in [1.165, 1.54) is 0 Å². The van der Waals surface area contributed by atoms with E-state index in [0.717, 1.165) is 16.9 Å². The van der Waals surface area contributed by atoms with Crippen molar-refractivity contribution in [3.8, 4) is 5.75 Å². The number of nitrogens with two attached hydrogens (primary N) is 1. The van der Waals surface area contributed by atoms with Crippen LogP contribution in [0.15, 0.2) is 54.6 Å². The molecule has 20 heavy (non-hydrogen) atoms. The summed E-state index contributed by atoms with van der Waals surface area (Å²) < 4.78 is 5.64. The number of hydrogen-bond donors (Lipinski definition) is 2. The molecule has 0 aliphatic carbocycles. The second kappa shape index (κ2) is 6.55. The van der Waals surface area contributed by atoms with Gasteiger partial charge in [0.15, 0.2) is 0 Å². The first-order valence-corrected chi connectivity index (χ1v) is 6.83. The van der Waals surface area contributed by atoms with Gasteiger partial charge in [0.2, 0.25) is 0 Å². The molecule has 0 aliphatic heterocycles. The quantitative estimate of drug-likeness (QED) is 0.878. The minimum atomic E-state index is -0.756. The predicted molar refractivity (Wildman–Crippen MR) is 80.5 cm³/mol. The maximum atomic E-state index is 10.4. The van der Waals surface area contributed by atoms with E-state index in [4.69, 9.17) is 10.5 Å². The van der Waals surface area contributed by atoms with Crippen molar-refractivity contribution in [2.24, 2.45) is 5.73 Å². The molecule has 0 saturated carbocycles. The van der Waals surface area contributed by atoms with Crippen LogP contribution in [0.1, 0.15) is 37.1 Å². The second-order valence-corrected chi connectivity index (χ2v) is 5.12. The molecule has 2 aromatic carbocycles. The van der Waals surface area contributed by atoms with Crippen molar-refractivity contribution < 1.29 is 9.84 Å². The SMILES string of the molecule is CC(C)Oc1cccc(C(O)C(N)c2ccccc2)c1. The molecule has 106 valence electrons. The Morgan fingerprint density at radius 1 is 0.950 bits per heavy atom. The van der Waals surface area contributed by atoms with E-state index < -0.39 is 12.1 Å². The summed E-state index contributed by atoms with van der Waals surface area (Å²) in [6.45, 7) is 3.94. The third-order valence-corrected chi connectivity index (χ3v) is 3.10. The number of rotatable bonds is 5. The molecule has 2 rings (SSSR count). The number of aliphatic hydroxyl groups is 1. The first kappa shape index (κ1) is 14.6. The van der Waals surface area contributed by atoms with E-state index in [-0.39, 0.29) is 6.10 Å². The van der Waals surface area contributed by atoms with E-state index in [1.807, 2.05) is 68.4 Å². The van der Waals surface area contributed by atoms with E-state index in [9.17, 15) is 5.11 Å². The number of hydrogen-bond acceptors (Lipinski definition) is 3. The molecule has 0 saturated heterocycles. The average Bonchev–Trinajstić information content (AvgIpc) is 2.46. The molecule has 3 nitrogen and oxygen atoms in total. The Hall–Kier alpha value is -1.84. The molecule has 0 amide bonds. The van der Waals surface area contributed by atoms with Crippen molar-refractivity contribution in [2.45, 2.75) is 32.1 Å². The van der Waals surface area contributed by atoms with Crippen LogP contribution in [0.4, 0.5) is 0 Å². The third kappa shape index (κ3) is 3.59. The first-order valence-electron chi connectivity index (χ1n) is 6.83. The highest BCUT2D eigenvalue weighted by Crippen LogP contribution is 2.28. The summed E-state index contributed by atoms with van der Waals surface area (Å²) in [7, 11) is 0. The Bertz CT molecular complexity index is 540. The van der Waals surface area contributed by atoms with Crippen LogP contribution in [-0.4, -0.2) is 11.2 Å². The van der Waals surface area contributed by atoms with Gasteiger partial charge in [-0.25, -0.2) is 0 Å². The van der Waals surface area contributed by atoms with Gasteiger partial charge in [0.1, 0.15) is 5.75 Å². The maximum Gasteiger partial charge on any atom is 0.120 e. The van der Waals surface area contributed by atoms with Gasteiger partial charge in [0.25, 0.3) is 0 Å². The zero-order valence-electron chi connectivity index (χ0n) is 11.9. The molecule has 3 heteroatoms. The van der Waals surface area contributed by atoms with Crippen LogP contribution < -0.4 is 10.5 Å². The molecule has 0 spiro atoms. The van der Waals surface area contributed by atoms with Crippen LogP contribution in [0, 0.1) is 0 Å². The fraction of sp³-hybridized carbons (Fsp3) is 0.294. The van der Waals surface area contributed by atoms with Crippen molar-refractivity contribution in [2.75, 3.05) is 0 Å². The Morgan fingerprint density at radius 3 is 2.25 bits per heavy atom. The monoisotopic (exact) mass is 271 g/mol. The molecule has 0 heterocycles. The summed E-state index contributed by atoms with van der Waals surface area (Å²) in [5, 5.41) is 10.4. The van der Waals surface area contributed by atoms with Crippen molar-refractivity contribution >= 4 is 0 Å². The second-order valence-electron chi connectivity index (χ2n) is 5.12. The minimum Gasteiger partial charge on any atom is -0.491 e. The van der Waals surface area contributed by atoms with Gasteiger partial charge in [0.05, 0.1) is 18.2 Å². The summed E-state index contributed by atoms with van der Waals surface area (Å²) in [4.78, 5) is 0. The molecule has 2 unspecified atom stereocenters. The molecule has 0 bridgehead atoms. The Kier molecular flexibility index (Phi) is 4.77. The maximum absolute atomic E-state index is 10.4. The van der Waals surface area contributed by atoms with Crippen LogP contribution in [0.3, 0.4) is 0 Å². The lowest BCUT2D eigenvalue weighted by molar-refractivity contribution is 0.146. The van der Waals surface area contributed by atoms with Gasteiger partial charge in [-0.15, -0.1) is 0 Å². The van der Waals surface area contributed by atoms with Gasteiger partial charge in [-0.1, -0.05) is 42.5 Å². The summed E-state index contributed by atoms with van der Waals surface area (Å²) >= 11 is 0. The molecule has 0 aromatic heterocycles. The summed E-state index contributed by atoms with van der Waals surface area (Å²) in [5.74, 6) is 0.747. The van der Waals surface area contributed by atoms with Crippen LogP contribution in [0.25, 0.3) is 0 Å².